The molecule has 0 atom stereocenters. The van der Waals surface area contributed by atoms with E-state index in [-0.39, 0.29) is 0 Å². The summed E-state index contributed by atoms with van der Waals surface area (Å²) in [5, 5.41) is 0. The first-order valence-electron chi connectivity index (χ1n) is 5.33. The van der Waals surface area contributed by atoms with Crippen molar-refractivity contribution in [3.05, 3.63) is 47.8 Å². The molecule has 0 radical (unpaired) electrons. The first kappa shape index (κ1) is 8.60. The summed E-state index contributed by atoms with van der Waals surface area (Å²) in [5.74, 6) is 0.826. The highest BCUT2D eigenvalue weighted by Gasteiger charge is 2.11. The third-order valence-electron chi connectivity index (χ3n) is 2.92. The van der Waals surface area contributed by atoms with Crippen LogP contribution in [0.25, 0.3) is 11.4 Å². The van der Waals surface area contributed by atoms with Crippen LogP contribution in [-0.2, 0) is 12.8 Å². The fourth-order valence-corrected chi connectivity index (χ4v) is 2.16. The van der Waals surface area contributed by atoms with Gasteiger partial charge in [0.2, 0.25) is 0 Å². The Morgan fingerprint density at radius 2 is 1.73 bits per heavy atom. The van der Waals surface area contributed by atoms with Gasteiger partial charge in [-0.25, -0.2) is 9.97 Å². The average Bonchev–Trinajstić information content (AvgIpc) is 2.77. The van der Waals surface area contributed by atoms with Gasteiger partial charge in [0.1, 0.15) is 0 Å². The number of fused-ring (bicyclic) bond motifs is 1. The Balaban J connectivity index is 2.07. The van der Waals surface area contributed by atoms with Crippen molar-refractivity contribution in [3.63, 3.8) is 0 Å². The van der Waals surface area contributed by atoms with Gasteiger partial charge in [-0.15, -0.1) is 0 Å². The van der Waals surface area contributed by atoms with Crippen LogP contribution >= 0.6 is 0 Å². The van der Waals surface area contributed by atoms with E-state index in [2.05, 4.69) is 28.2 Å². The Hall–Kier alpha value is -1.70. The van der Waals surface area contributed by atoms with Crippen molar-refractivity contribution in [2.24, 2.45) is 0 Å². The number of benzene rings is 1. The third kappa shape index (κ3) is 1.52. The Morgan fingerprint density at radius 1 is 0.933 bits per heavy atom. The van der Waals surface area contributed by atoms with Gasteiger partial charge in [-0.3, -0.25) is 0 Å². The highest BCUT2D eigenvalue weighted by Crippen LogP contribution is 2.26. The topological polar surface area (TPSA) is 25.8 Å². The molecule has 1 aromatic carbocycles. The standard InChI is InChI=1S/C13H12N2/c1-3-10-5-6-12(9-11(10)4-1)13-14-7-2-8-15-13/h2,5-9H,1,3-4H2. The largest absolute Gasteiger partial charge is 0.237 e. The fourth-order valence-electron chi connectivity index (χ4n) is 2.16. The molecule has 2 aromatic rings. The maximum absolute atomic E-state index is 4.26. The molecule has 2 nitrogen and oxygen atoms in total. The fraction of sp³-hybridized carbons (Fsp3) is 0.231. The second-order valence-electron chi connectivity index (χ2n) is 3.91. The molecule has 1 aliphatic rings. The van der Waals surface area contributed by atoms with E-state index < -0.39 is 0 Å². The summed E-state index contributed by atoms with van der Waals surface area (Å²) in [6.07, 6.45) is 7.29. The molecule has 3 rings (SSSR count). The molecule has 0 N–H and O–H groups in total. The minimum absolute atomic E-state index is 0.826. The van der Waals surface area contributed by atoms with Gasteiger partial charge in [-0.05, 0) is 42.5 Å². The number of hydrogen-bond acceptors (Lipinski definition) is 2. The second-order valence-corrected chi connectivity index (χ2v) is 3.91. The smallest absolute Gasteiger partial charge is 0.159 e. The van der Waals surface area contributed by atoms with Gasteiger partial charge in [-0.2, -0.15) is 0 Å². The zero-order valence-corrected chi connectivity index (χ0v) is 8.48. The number of aryl methyl sites for hydroxylation is 2. The molecule has 0 unspecified atom stereocenters. The highest BCUT2D eigenvalue weighted by atomic mass is 14.8. The normalized spacial score (nSPS) is 13.9. The number of rotatable bonds is 1. The summed E-state index contributed by atoms with van der Waals surface area (Å²) >= 11 is 0. The lowest BCUT2D eigenvalue weighted by Crippen LogP contribution is -1.89. The van der Waals surface area contributed by atoms with Crippen LogP contribution in [0.1, 0.15) is 17.5 Å². The Kier molecular flexibility index (Phi) is 1.98. The molecule has 0 saturated carbocycles. The molecule has 0 aliphatic heterocycles. The zero-order chi connectivity index (χ0) is 10.1. The molecule has 15 heavy (non-hydrogen) atoms. The van der Waals surface area contributed by atoms with Crippen molar-refractivity contribution in [2.45, 2.75) is 19.3 Å². The minimum atomic E-state index is 0.826. The maximum atomic E-state index is 4.26. The van der Waals surface area contributed by atoms with Crippen LogP contribution in [0.15, 0.2) is 36.7 Å². The molecule has 2 heteroatoms. The van der Waals surface area contributed by atoms with Crippen LogP contribution in [0.4, 0.5) is 0 Å². The molecule has 0 fully saturated rings. The van der Waals surface area contributed by atoms with Crippen molar-refractivity contribution in [1.29, 1.82) is 0 Å². The molecule has 1 aliphatic carbocycles. The first-order valence-corrected chi connectivity index (χ1v) is 5.33. The van der Waals surface area contributed by atoms with Gasteiger partial charge in [0.25, 0.3) is 0 Å². The van der Waals surface area contributed by atoms with Crippen LogP contribution in [0.5, 0.6) is 0 Å². The molecular weight excluding hydrogens is 184 g/mol. The molecule has 1 aromatic heterocycles. The van der Waals surface area contributed by atoms with Gasteiger partial charge in [0.15, 0.2) is 5.82 Å². The SMILES string of the molecule is c1cnc(-c2ccc3c(c2)CCC3)nc1. The van der Waals surface area contributed by atoms with Crippen LogP contribution in [0.2, 0.25) is 0 Å². The number of nitrogens with zero attached hydrogens (tertiary/aromatic N) is 2. The summed E-state index contributed by atoms with van der Waals surface area (Å²) in [6, 6.07) is 8.42. The van der Waals surface area contributed by atoms with E-state index in [0.717, 1.165) is 11.4 Å². The summed E-state index contributed by atoms with van der Waals surface area (Å²) in [6.45, 7) is 0. The summed E-state index contributed by atoms with van der Waals surface area (Å²) in [5.41, 5.74) is 4.10. The summed E-state index contributed by atoms with van der Waals surface area (Å²) in [7, 11) is 0. The predicted octanol–water partition coefficient (Wildman–Crippen LogP) is 2.63. The van der Waals surface area contributed by atoms with E-state index in [4.69, 9.17) is 0 Å². The first-order chi connectivity index (χ1) is 7.43. The van der Waals surface area contributed by atoms with Gasteiger partial charge in [-0.1, -0.05) is 12.1 Å². The molecule has 0 spiro atoms. The van der Waals surface area contributed by atoms with Gasteiger partial charge in [0, 0.05) is 18.0 Å². The minimum Gasteiger partial charge on any atom is -0.237 e. The molecule has 1 heterocycles. The van der Waals surface area contributed by atoms with E-state index in [9.17, 15) is 0 Å². The van der Waals surface area contributed by atoms with Crippen LogP contribution in [-0.4, -0.2) is 9.97 Å². The van der Waals surface area contributed by atoms with Crippen molar-refractivity contribution in [2.75, 3.05) is 0 Å². The average molecular weight is 196 g/mol. The number of hydrogen-bond donors (Lipinski definition) is 0. The third-order valence-corrected chi connectivity index (χ3v) is 2.92. The molecule has 0 bridgehead atoms. The Bertz CT molecular complexity index is 477. The monoisotopic (exact) mass is 196 g/mol. The van der Waals surface area contributed by atoms with Crippen molar-refractivity contribution >= 4 is 0 Å². The maximum Gasteiger partial charge on any atom is 0.159 e. The van der Waals surface area contributed by atoms with Crippen molar-refractivity contribution < 1.29 is 0 Å². The van der Waals surface area contributed by atoms with Crippen LogP contribution in [0.3, 0.4) is 0 Å². The Labute approximate surface area is 89.0 Å². The van der Waals surface area contributed by atoms with Crippen LogP contribution < -0.4 is 0 Å². The molecule has 0 amide bonds. The van der Waals surface area contributed by atoms with Gasteiger partial charge < -0.3 is 0 Å². The van der Waals surface area contributed by atoms with E-state index >= 15 is 0 Å². The van der Waals surface area contributed by atoms with Gasteiger partial charge >= 0.3 is 0 Å². The summed E-state index contributed by atoms with van der Waals surface area (Å²) in [4.78, 5) is 8.53. The molecular formula is C13H12N2. The molecule has 74 valence electrons. The molecule has 0 saturated heterocycles. The zero-order valence-electron chi connectivity index (χ0n) is 8.48. The predicted molar refractivity (Wildman–Crippen MR) is 59.5 cm³/mol. The van der Waals surface area contributed by atoms with E-state index in [1.807, 2.05) is 6.07 Å². The van der Waals surface area contributed by atoms with E-state index in [1.54, 1.807) is 12.4 Å². The van der Waals surface area contributed by atoms with Crippen molar-refractivity contribution in [1.82, 2.24) is 9.97 Å². The van der Waals surface area contributed by atoms with Gasteiger partial charge in [0.05, 0.1) is 0 Å². The van der Waals surface area contributed by atoms with E-state index in [0.29, 0.717) is 0 Å². The lowest BCUT2D eigenvalue weighted by Gasteiger charge is -2.02. The van der Waals surface area contributed by atoms with Crippen LogP contribution in [0, 0.1) is 0 Å². The summed E-state index contributed by atoms with van der Waals surface area (Å²) < 4.78 is 0. The lowest BCUT2D eigenvalue weighted by atomic mass is 10.1. The lowest BCUT2D eigenvalue weighted by molar-refractivity contribution is 0.912. The quantitative estimate of drug-likeness (QED) is 0.700. The van der Waals surface area contributed by atoms with Crippen molar-refractivity contribution in [3.8, 4) is 11.4 Å². The number of aromatic nitrogens is 2. The highest BCUT2D eigenvalue weighted by molar-refractivity contribution is 5.57. The van der Waals surface area contributed by atoms with E-state index in [1.165, 1.54) is 30.4 Å². The Morgan fingerprint density at radius 3 is 2.60 bits per heavy atom. The second kappa shape index (κ2) is 3.46.